The lowest BCUT2D eigenvalue weighted by Crippen LogP contribution is -2.29. The van der Waals surface area contributed by atoms with E-state index in [1.54, 1.807) is 13.0 Å². The quantitative estimate of drug-likeness (QED) is 0.798. The summed E-state index contributed by atoms with van der Waals surface area (Å²) < 4.78 is 22.8. The predicted octanol–water partition coefficient (Wildman–Crippen LogP) is 0.0870. The molecule has 1 aromatic carbocycles. The van der Waals surface area contributed by atoms with Crippen LogP contribution in [0.15, 0.2) is 23.1 Å². The Morgan fingerprint density at radius 1 is 1.41 bits per heavy atom. The third-order valence-electron chi connectivity index (χ3n) is 2.31. The minimum Gasteiger partial charge on any atom is -0.351 e. The normalized spacial score (nSPS) is 11.2. The molecule has 6 heteroatoms. The fraction of sp³-hybridized carbons (Fsp3) is 0.364. The van der Waals surface area contributed by atoms with Crippen molar-refractivity contribution < 1.29 is 13.2 Å². The van der Waals surface area contributed by atoms with E-state index in [9.17, 15) is 13.2 Å². The van der Waals surface area contributed by atoms with Crippen LogP contribution >= 0.6 is 0 Å². The zero-order chi connectivity index (χ0) is 13.1. The summed E-state index contributed by atoms with van der Waals surface area (Å²) in [5.41, 5.74) is 6.37. The molecule has 0 unspecified atom stereocenters. The fourth-order valence-corrected chi connectivity index (χ4v) is 2.00. The molecule has 0 atom stereocenters. The zero-order valence-corrected chi connectivity index (χ0v) is 10.7. The van der Waals surface area contributed by atoms with Crippen molar-refractivity contribution in [1.29, 1.82) is 0 Å². The van der Waals surface area contributed by atoms with Gasteiger partial charge < -0.3 is 11.1 Å². The molecule has 94 valence electrons. The number of nitrogens with two attached hydrogens (primary N) is 1. The van der Waals surface area contributed by atoms with Crippen molar-refractivity contribution in [2.45, 2.75) is 11.8 Å². The fourth-order valence-electron chi connectivity index (χ4n) is 1.36. The van der Waals surface area contributed by atoms with Crippen molar-refractivity contribution in [3.63, 3.8) is 0 Å². The first kappa shape index (κ1) is 13.7. The highest BCUT2D eigenvalue weighted by atomic mass is 32.2. The summed E-state index contributed by atoms with van der Waals surface area (Å²) in [4.78, 5) is 11.9. The maximum Gasteiger partial charge on any atom is 0.251 e. The second-order valence-corrected chi connectivity index (χ2v) is 5.81. The van der Waals surface area contributed by atoms with E-state index in [0.29, 0.717) is 18.7 Å². The van der Waals surface area contributed by atoms with E-state index < -0.39 is 9.84 Å². The van der Waals surface area contributed by atoms with Gasteiger partial charge in [-0.25, -0.2) is 8.42 Å². The first-order valence-electron chi connectivity index (χ1n) is 5.15. The smallest absolute Gasteiger partial charge is 0.251 e. The van der Waals surface area contributed by atoms with Crippen LogP contribution in [0.25, 0.3) is 0 Å². The van der Waals surface area contributed by atoms with Gasteiger partial charge in [0.25, 0.3) is 5.91 Å². The number of carbonyl (C=O) groups excluding carboxylic acids is 1. The van der Waals surface area contributed by atoms with E-state index in [-0.39, 0.29) is 10.8 Å². The SMILES string of the molecule is Cc1ccc(S(C)(=O)=O)cc1C(=O)NCCN. The Balaban J connectivity index is 3.11. The number of carbonyl (C=O) groups is 1. The summed E-state index contributed by atoms with van der Waals surface area (Å²) in [6, 6.07) is 4.49. The van der Waals surface area contributed by atoms with Gasteiger partial charge in [0, 0.05) is 24.9 Å². The van der Waals surface area contributed by atoms with Crippen LogP contribution in [0.3, 0.4) is 0 Å². The lowest BCUT2D eigenvalue weighted by atomic mass is 10.1. The van der Waals surface area contributed by atoms with E-state index in [4.69, 9.17) is 5.73 Å². The summed E-state index contributed by atoms with van der Waals surface area (Å²) in [6.45, 7) is 2.46. The van der Waals surface area contributed by atoms with Crippen LogP contribution in [-0.4, -0.2) is 33.7 Å². The summed E-state index contributed by atoms with van der Waals surface area (Å²) >= 11 is 0. The van der Waals surface area contributed by atoms with Crippen LogP contribution in [0.1, 0.15) is 15.9 Å². The summed E-state index contributed by atoms with van der Waals surface area (Å²) in [5, 5.41) is 2.61. The number of hydrogen-bond donors (Lipinski definition) is 2. The van der Waals surface area contributed by atoms with Gasteiger partial charge in [-0.1, -0.05) is 6.07 Å². The number of rotatable bonds is 4. The van der Waals surface area contributed by atoms with Gasteiger partial charge in [-0.15, -0.1) is 0 Å². The molecule has 1 amide bonds. The minimum atomic E-state index is -3.30. The van der Waals surface area contributed by atoms with Crippen LogP contribution in [0.5, 0.6) is 0 Å². The summed E-state index contributed by atoms with van der Waals surface area (Å²) in [5.74, 6) is -0.307. The number of amides is 1. The number of hydrogen-bond acceptors (Lipinski definition) is 4. The zero-order valence-electron chi connectivity index (χ0n) is 9.86. The lowest BCUT2D eigenvalue weighted by Gasteiger charge is -2.08. The van der Waals surface area contributed by atoms with Crippen molar-refractivity contribution in [3.05, 3.63) is 29.3 Å². The van der Waals surface area contributed by atoms with E-state index in [0.717, 1.165) is 11.8 Å². The number of sulfone groups is 1. The Labute approximate surface area is 101 Å². The van der Waals surface area contributed by atoms with Gasteiger partial charge in [0.05, 0.1) is 4.90 Å². The van der Waals surface area contributed by atoms with E-state index in [1.165, 1.54) is 12.1 Å². The average Bonchev–Trinajstić information content (AvgIpc) is 2.24. The second kappa shape index (κ2) is 5.29. The molecule has 0 aromatic heterocycles. The highest BCUT2D eigenvalue weighted by Crippen LogP contribution is 2.15. The van der Waals surface area contributed by atoms with E-state index >= 15 is 0 Å². The first-order valence-corrected chi connectivity index (χ1v) is 7.04. The standard InChI is InChI=1S/C11H16N2O3S/c1-8-3-4-9(17(2,15)16)7-10(8)11(14)13-6-5-12/h3-4,7H,5-6,12H2,1-2H3,(H,13,14). The van der Waals surface area contributed by atoms with Gasteiger partial charge in [-0.05, 0) is 24.6 Å². The van der Waals surface area contributed by atoms with Crippen molar-refractivity contribution in [1.82, 2.24) is 5.32 Å². The van der Waals surface area contributed by atoms with Crippen LogP contribution in [-0.2, 0) is 9.84 Å². The average molecular weight is 256 g/mol. The molecule has 17 heavy (non-hydrogen) atoms. The van der Waals surface area contributed by atoms with E-state index in [1.807, 2.05) is 0 Å². The summed E-state index contributed by atoms with van der Waals surface area (Å²) in [7, 11) is -3.30. The van der Waals surface area contributed by atoms with Gasteiger partial charge in [-0.3, -0.25) is 4.79 Å². The molecule has 5 nitrogen and oxygen atoms in total. The van der Waals surface area contributed by atoms with E-state index in [2.05, 4.69) is 5.32 Å². The monoisotopic (exact) mass is 256 g/mol. The molecule has 1 aromatic rings. The molecule has 0 heterocycles. The highest BCUT2D eigenvalue weighted by Gasteiger charge is 2.13. The van der Waals surface area contributed by atoms with Gasteiger partial charge in [-0.2, -0.15) is 0 Å². The molecule has 0 aliphatic carbocycles. The Kier molecular flexibility index (Phi) is 4.25. The minimum absolute atomic E-state index is 0.140. The molecule has 0 radical (unpaired) electrons. The van der Waals surface area contributed by atoms with Crippen LogP contribution in [0.4, 0.5) is 0 Å². The Morgan fingerprint density at radius 2 is 2.06 bits per heavy atom. The van der Waals surface area contributed by atoms with Crippen molar-refractivity contribution in [2.24, 2.45) is 5.73 Å². The molecule has 0 aliphatic rings. The molecule has 0 fully saturated rings. The molecule has 1 rings (SSSR count). The Morgan fingerprint density at radius 3 is 2.59 bits per heavy atom. The predicted molar refractivity (Wildman–Crippen MR) is 65.7 cm³/mol. The van der Waals surface area contributed by atoms with Crippen LogP contribution < -0.4 is 11.1 Å². The van der Waals surface area contributed by atoms with Gasteiger partial charge in [0.15, 0.2) is 9.84 Å². The third-order valence-corrected chi connectivity index (χ3v) is 3.42. The summed E-state index contributed by atoms with van der Waals surface area (Å²) in [6.07, 6.45) is 1.11. The Hall–Kier alpha value is -1.40. The van der Waals surface area contributed by atoms with Crippen molar-refractivity contribution in [3.8, 4) is 0 Å². The molecule has 0 bridgehead atoms. The van der Waals surface area contributed by atoms with Crippen molar-refractivity contribution in [2.75, 3.05) is 19.3 Å². The molecular formula is C11H16N2O3S. The maximum atomic E-state index is 11.7. The van der Waals surface area contributed by atoms with Crippen LogP contribution in [0, 0.1) is 6.92 Å². The second-order valence-electron chi connectivity index (χ2n) is 3.79. The lowest BCUT2D eigenvalue weighted by molar-refractivity contribution is 0.0954. The van der Waals surface area contributed by atoms with Gasteiger partial charge in [0.1, 0.15) is 0 Å². The van der Waals surface area contributed by atoms with Gasteiger partial charge in [0.2, 0.25) is 0 Å². The molecule has 0 saturated carbocycles. The molecule has 0 saturated heterocycles. The van der Waals surface area contributed by atoms with Crippen LogP contribution in [0.2, 0.25) is 0 Å². The highest BCUT2D eigenvalue weighted by molar-refractivity contribution is 7.90. The molecule has 3 N–H and O–H groups in total. The number of nitrogens with one attached hydrogen (secondary N) is 1. The Bertz CT molecular complexity index is 524. The largest absolute Gasteiger partial charge is 0.351 e. The number of benzene rings is 1. The van der Waals surface area contributed by atoms with Crippen molar-refractivity contribution >= 4 is 15.7 Å². The third kappa shape index (κ3) is 3.54. The molecular weight excluding hydrogens is 240 g/mol. The first-order chi connectivity index (χ1) is 7.86. The molecule has 0 spiro atoms. The molecule has 0 aliphatic heterocycles. The number of aryl methyl sites for hydroxylation is 1. The maximum absolute atomic E-state index is 11.7. The van der Waals surface area contributed by atoms with Gasteiger partial charge >= 0.3 is 0 Å². The topological polar surface area (TPSA) is 89.3 Å².